The Hall–Kier alpha value is -1.70. The first-order chi connectivity index (χ1) is 9.42. The zero-order valence-electron chi connectivity index (χ0n) is 11.5. The van der Waals surface area contributed by atoms with E-state index in [4.69, 9.17) is 0 Å². The molecule has 19 heavy (non-hydrogen) atoms. The molecule has 0 saturated heterocycles. The molecule has 2 aromatic heterocycles. The Kier molecular flexibility index (Phi) is 3.58. The molecule has 0 N–H and O–H groups in total. The Morgan fingerprint density at radius 1 is 0.895 bits per heavy atom. The van der Waals surface area contributed by atoms with Crippen LogP contribution in [-0.4, -0.2) is 9.97 Å². The van der Waals surface area contributed by atoms with Gasteiger partial charge in [0.1, 0.15) is 0 Å². The summed E-state index contributed by atoms with van der Waals surface area (Å²) in [5.41, 5.74) is 5.45. The van der Waals surface area contributed by atoms with Gasteiger partial charge in [-0.25, -0.2) is 0 Å². The Morgan fingerprint density at radius 3 is 2.11 bits per heavy atom. The Morgan fingerprint density at radius 2 is 1.53 bits per heavy atom. The van der Waals surface area contributed by atoms with E-state index in [9.17, 15) is 0 Å². The van der Waals surface area contributed by atoms with Gasteiger partial charge in [-0.3, -0.25) is 9.97 Å². The number of fused-ring (bicyclic) bond motifs is 3. The molecule has 0 unspecified atom stereocenters. The number of hydrogen-bond acceptors (Lipinski definition) is 2. The molecule has 0 aromatic carbocycles. The van der Waals surface area contributed by atoms with Gasteiger partial charge in [0.15, 0.2) is 0 Å². The standard InChI is InChI=1S/C17H20N2/c1-2-3-4-5-6-13-14-7-9-18-11-16(14)17-12-19-10-8-15(13)17/h7-13H,2-6H2,1H3. The normalized spacial score (nSPS) is 13.3. The number of rotatable bonds is 5. The van der Waals surface area contributed by atoms with Crippen LogP contribution in [0.2, 0.25) is 0 Å². The van der Waals surface area contributed by atoms with Gasteiger partial charge in [0.25, 0.3) is 0 Å². The van der Waals surface area contributed by atoms with Crippen LogP contribution in [0.1, 0.15) is 56.1 Å². The molecule has 0 fully saturated rings. The molecule has 0 aliphatic heterocycles. The number of pyridine rings is 2. The molecule has 1 aliphatic rings. The van der Waals surface area contributed by atoms with Gasteiger partial charge in [0, 0.05) is 41.8 Å². The summed E-state index contributed by atoms with van der Waals surface area (Å²) in [4.78, 5) is 8.54. The van der Waals surface area contributed by atoms with Gasteiger partial charge < -0.3 is 0 Å². The van der Waals surface area contributed by atoms with Crippen molar-refractivity contribution in [2.24, 2.45) is 0 Å². The maximum absolute atomic E-state index is 4.27. The van der Waals surface area contributed by atoms with Crippen LogP contribution in [0.4, 0.5) is 0 Å². The third-order valence-corrected chi connectivity index (χ3v) is 4.10. The summed E-state index contributed by atoms with van der Waals surface area (Å²) in [7, 11) is 0. The number of nitrogens with zero attached hydrogens (tertiary/aromatic N) is 2. The zero-order chi connectivity index (χ0) is 13.1. The fourth-order valence-corrected chi connectivity index (χ4v) is 3.12. The van der Waals surface area contributed by atoms with Crippen molar-refractivity contribution in [3.05, 3.63) is 48.0 Å². The predicted molar refractivity (Wildman–Crippen MR) is 78.1 cm³/mol. The van der Waals surface area contributed by atoms with E-state index in [0.717, 1.165) is 0 Å². The topological polar surface area (TPSA) is 25.8 Å². The summed E-state index contributed by atoms with van der Waals surface area (Å²) in [6, 6.07) is 4.36. The molecule has 0 amide bonds. The molecule has 2 nitrogen and oxygen atoms in total. The van der Waals surface area contributed by atoms with Crippen molar-refractivity contribution < 1.29 is 0 Å². The molecule has 1 aliphatic carbocycles. The summed E-state index contributed by atoms with van der Waals surface area (Å²) >= 11 is 0. The molecule has 0 atom stereocenters. The minimum Gasteiger partial charge on any atom is -0.264 e. The lowest BCUT2D eigenvalue weighted by Crippen LogP contribution is -1.97. The van der Waals surface area contributed by atoms with Gasteiger partial charge in [0.2, 0.25) is 0 Å². The summed E-state index contributed by atoms with van der Waals surface area (Å²) in [5, 5.41) is 0. The fraction of sp³-hybridized carbons (Fsp3) is 0.412. The fourth-order valence-electron chi connectivity index (χ4n) is 3.12. The maximum atomic E-state index is 4.27. The largest absolute Gasteiger partial charge is 0.264 e. The Balaban J connectivity index is 1.87. The molecule has 0 saturated carbocycles. The van der Waals surface area contributed by atoms with E-state index in [0.29, 0.717) is 5.92 Å². The van der Waals surface area contributed by atoms with E-state index in [2.05, 4.69) is 29.0 Å². The SMILES string of the molecule is CCCCCCC1c2ccncc2-c2cnccc21. The van der Waals surface area contributed by atoms with Crippen molar-refractivity contribution in [2.45, 2.75) is 44.9 Å². The highest BCUT2D eigenvalue weighted by Crippen LogP contribution is 2.45. The molecule has 0 spiro atoms. The highest BCUT2D eigenvalue weighted by Gasteiger charge is 2.27. The molecular formula is C17H20N2. The van der Waals surface area contributed by atoms with E-state index < -0.39 is 0 Å². The average Bonchev–Trinajstić information content (AvgIpc) is 2.78. The van der Waals surface area contributed by atoms with Gasteiger partial charge in [0.05, 0.1) is 0 Å². The van der Waals surface area contributed by atoms with Gasteiger partial charge in [-0.2, -0.15) is 0 Å². The minimum atomic E-state index is 0.549. The molecule has 0 bridgehead atoms. The monoisotopic (exact) mass is 252 g/mol. The molecule has 3 rings (SSSR count). The lowest BCUT2D eigenvalue weighted by molar-refractivity contribution is 0.601. The second-order valence-corrected chi connectivity index (χ2v) is 5.33. The summed E-state index contributed by atoms with van der Waals surface area (Å²) in [5.74, 6) is 0.549. The zero-order valence-corrected chi connectivity index (χ0v) is 11.5. The van der Waals surface area contributed by atoms with E-state index in [-0.39, 0.29) is 0 Å². The Labute approximate surface area is 114 Å². The third-order valence-electron chi connectivity index (χ3n) is 4.10. The van der Waals surface area contributed by atoms with Crippen LogP contribution >= 0.6 is 0 Å². The van der Waals surface area contributed by atoms with Crippen molar-refractivity contribution in [3.8, 4) is 11.1 Å². The molecule has 98 valence electrons. The second-order valence-electron chi connectivity index (χ2n) is 5.33. The van der Waals surface area contributed by atoms with E-state index in [1.54, 1.807) is 0 Å². The van der Waals surface area contributed by atoms with Crippen molar-refractivity contribution in [1.82, 2.24) is 9.97 Å². The van der Waals surface area contributed by atoms with Gasteiger partial charge in [-0.1, -0.05) is 32.6 Å². The highest BCUT2D eigenvalue weighted by molar-refractivity contribution is 5.77. The van der Waals surface area contributed by atoms with Crippen LogP contribution in [-0.2, 0) is 0 Å². The van der Waals surface area contributed by atoms with Gasteiger partial charge in [-0.05, 0) is 29.7 Å². The van der Waals surface area contributed by atoms with Gasteiger partial charge >= 0.3 is 0 Å². The van der Waals surface area contributed by atoms with Crippen LogP contribution in [0, 0.1) is 0 Å². The van der Waals surface area contributed by atoms with Crippen LogP contribution in [0.3, 0.4) is 0 Å². The number of unbranched alkanes of at least 4 members (excludes halogenated alkanes) is 3. The van der Waals surface area contributed by atoms with E-state index >= 15 is 0 Å². The summed E-state index contributed by atoms with van der Waals surface area (Å²) in [6.07, 6.45) is 14.3. The smallest absolute Gasteiger partial charge is 0.0350 e. The lowest BCUT2D eigenvalue weighted by atomic mass is 9.92. The number of aromatic nitrogens is 2. The first-order valence-electron chi connectivity index (χ1n) is 7.30. The second kappa shape index (κ2) is 5.52. The van der Waals surface area contributed by atoms with Crippen LogP contribution in [0.5, 0.6) is 0 Å². The van der Waals surface area contributed by atoms with E-state index in [1.165, 1.54) is 54.4 Å². The summed E-state index contributed by atoms with van der Waals surface area (Å²) in [6.45, 7) is 2.26. The average molecular weight is 252 g/mol. The maximum Gasteiger partial charge on any atom is 0.0350 e. The highest BCUT2D eigenvalue weighted by atomic mass is 14.7. The minimum absolute atomic E-state index is 0.549. The molecule has 0 radical (unpaired) electrons. The van der Waals surface area contributed by atoms with Crippen molar-refractivity contribution in [1.29, 1.82) is 0 Å². The van der Waals surface area contributed by atoms with Crippen LogP contribution < -0.4 is 0 Å². The lowest BCUT2D eigenvalue weighted by Gasteiger charge is -2.12. The predicted octanol–water partition coefficient (Wildman–Crippen LogP) is 4.56. The van der Waals surface area contributed by atoms with E-state index in [1.807, 2.05) is 24.8 Å². The Bertz CT molecular complexity index is 517. The quantitative estimate of drug-likeness (QED) is 0.729. The molecule has 2 heterocycles. The molecule has 2 aromatic rings. The summed E-state index contributed by atoms with van der Waals surface area (Å²) < 4.78 is 0. The first-order valence-corrected chi connectivity index (χ1v) is 7.30. The third kappa shape index (κ3) is 2.27. The number of hydrogen-bond donors (Lipinski definition) is 0. The molecule has 2 heteroatoms. The van der Waals surface area contributed by atoms with Crippen LogP contribution in [0.25, 0.3) is 11.1 Å². The first kappa shape index (κ1) is 12.3. The van der Waals surface area contributed by atoms with Crippen molar-refractivity contribution in [2.75, 3.05) is 0 Å². The van der Waals surface area contributed by atoms with Crippen molar-refractivity contribution in [3.63, 3.8) is 0 Å². The van der Waals surface area contributed by atoms with Gasteiger partial charge in [-0.15, -0.1) is 0 Å². The van der Waals surface area contributed by atoms with Crippen molar-refractivity contribution >= 4 is 0 Å². The van der Waals surface area contributed by atoms with Crippen LogP contribution in [0.15, 0.2) is 36.9 Å². The molecular weight excluding hydrogens is 232 g/mol.